The van der Waals surface area contributed by atoms with Crippen molar-refractivity contribution in [3.8, 4) is 17.2 Å². The Morgan fingerprint density at radius 3 is 2.18 bits per heavy atom. The summed E-state index contributed by atoms with van der Waals surface area (Å²) in [6.07, 6.45) is -4.57. The monoisotopic (exact) mass is 469 g/mol. The normalized spacial score (nSPS) is 11.3. The van der Waals surface area contributed by atoms with Crippen molar-refractivity contribution < 1.29 is 27.4 Å². The second-order valence-corrected chi connectivity index (χ2v) is 7.21. The summed E-state index contributed by atoms with van der Waals surface area (Å²) in [7, 11) is 2.90. The number of ether oxygens (including phenoxy) is 2. The van der Waals surface area contributed by atoms with Crippen LogP contribution in [-0.4, -0.2) is 29.9 Å². The van der Waals surface area contributed by atoms with Gasteiger partial charge in [0, 0.05) is 29.3 Å². The highest BCUT2D eigenvalue weighted by molar-refractivity contribution is 6.11. The number of carbonyl (C=O) groups excluding carboxylic acids is 1. The van der Waals surface area contributed by atoms with Crippen LogP contribution in [0, 0.1) is 0 Å². The molecular weight excluding hydrogens is 451 g/mol. The van der Waals surface area contributed by atoms with Crippen molar-refractivity contribution in [1.82, 2.24) is 9.78 Å². The largest absolute Gasteiger partial charge is 0.497 e. The molecular formula is C24H18F3N3O4. The molecule has 0 saturated carbocycles. The van der Waals surface area contributed by atoms with Crippen molar-refractivity contribution >= 4 is 22.4 Å². The Morgan fingerprint density at radius 1 is 0.912 bits per heavy atom. The summed E-state index contributed by atoms with van der Waals surface area (Å²) < 4.78 is 50.7. The van der Waals surface area contributed by atoms with Gasteiger partial charge in [-0.3, -0.25) is 9.59 Å². The second-order valence-electron chi connectivity index (χ2n) is 7.21. The van der Waals surface area contributed by atoms with Gasteiger partial charge < -0.3 is 14.8 Å². The average molecular weight is 469 g/mol. The lowest BCUT2D eigenvalue weighted by atomic mass is 10.1. The highest BCUT2D eigenvalue weighted by Crippen LogP contribution is 2.31. The van der Waals surface area contributed by atoms with E-state index in [1.807, 2.05) is 0 Å². The minimum Gasteiger partial charge on any atom is -0.497 e. The van der Waals surface area contributed by atoms with Crippen LogP contribution in [0.5, 0.6) is 11.5 Å². The third-order valence-electron chi connectivity index (χ3n) is 5.05. The molecule has 0 atom stereocenters. The Morgan fingerprint density at radius 2 is 1.56 bits per heavy atom. The topological polar surface area (TPSA) is 82.4 Å². The first kappa shape index (κ1) is 22.8. The van der Waals surface area contributed by atoms with Gasteiger partial charge in [0.1, 0.15) is 11.5 Å². The number of amides is 1. The minimum atomic E-state index is -4.57. The molecule has 3 aromatic carbocycles. The molecule has 4 aromatic rings. The number of hydrogen-bond acceptors (Lipinski definition) is 5. The number of nitrogens with zero attached hydrogens (tertiary/aromatic N) is 2. The summed E-state index contributed by atoms with van der Waals surface area (Å²) in [6.45, 7) is 0. The first-order chi connectivity index (χ1) is 16.2. The molecule has 7 nitrogen and oxygen atoms in total. The minimum absolute atomic E-state index is 0.0634. The molecule has 174 valence electrons. The standard InChI is InChI=1S/C24H18F3N3O4/c1-33-17-11-16(12-18(13-17)34-2)30-23(32)20-9-4-3-8-19(20)21(29-30)22(31)28-15-7-5-6-14(10-15)24(25,26)27/h3-13H,1-2H3,(H,28,31). The van der Waals surface area contributed by atoms with Crippen LogP contribution in [0.2, 0.25) is 0 Å². The summed E-state index contributed by atoms with van der Waals surface area (Å²) in [5.74, 6) is 0.0106. The molecule has 0 bridgehead atoms. The maximum atomic E-state index is 13.2. The van der Waals surface area contributed by atoms with Crippen molar-refractivity contribution in [2.45, 2.75) is 6.18 Å². The number of nitrogens with one attached hydrogen (secondary N) is 1. The molecule has 0 aliphatic rings. The predicted octanol–water partition coefficient (Wildman–Crippen LogP) is 4.67. The van der Waals surface area contributed by atoms with Gasteiger partial charge in [-0.15, -0.1) is 0 Å². The third kappa shape index (κ3) is 4.42. The Labute approximate surface area is 191 Å². The van der Waals surface area contributed by atoms with Crippen molar-refractivity contribution in [1.29, 1.82) is 0 Å². The van der Waals surface area contributed by atoms with E-state index in [0.29, 0.717) is 11.5 Å². The molecule has 0 saturated heterocycles. The smallest absolute Gasteiger partial charge is 0.416 e. The van der Waals surface area contributed by atoms with Crippen molar-refractivity contribution in [3.05, 3.63) is 88.3 Å². The van der Waals surface area contributed by atoms with Crippen LogP contribution in [0.4, 0.5) is 18.9 Å². The second kappa shape index (κ2) is 8.89. The highest BCUT2D eigenvalue weighted by atomic mass is 19.4. The first-order valence-corrected chi connectivity index (χ1v) is 9.95. The molecule has 0 aliphatic heterocycles. The van der Waals surface area contributed by atoms with Crippen molar-refractivity contribution in [3.63, 3.8) is 0 Å². The molecule has 1 aromatic heterocycles. The van der Waals surface area contributed by atoms with Crippen LogP contribution in [0.3, 0.4) is 0 Å². The Balaban J connectivity index is 1.85. The predicted molar refractivity (Wildman–Crippen MR) is 120 cm³/mol. The number of hydrogen-bond donors (Lipinski definition) is 1. The number of halogens is 3. The van der Waals surface area contributed by atoms with Gasteiger partial charge in [-0.25, -0.2) is 0 Å². The van der Waals surface area contributed by atoms with E-state index in [-0.39, 0.29) is 27.8 Å². The fraction of sp³-hybridized carbons (Fsp3) is 0.125. The number of alkyl halides is 3. The summed E-state index contributed by atoms with van der Waals surface area (Å²) in [5, 5.41) is 7.14. The van der Waals surface area contributed by atoms with E-state index in [1.165, 1.54) is 32.4 Å². The molecule has 1 N–H and O–H groups in total. The summed E-state index contributed by atoms with van der Waals surface area (Å²) in [4.78, 5) is 26.3. The van der Waals surface area contributed by atoms with Gasteiger partial charge in [-0.2, -0.15) is 23.0 Å². The quantitative estimate of drug-likeness (QED) is 0.459. The zero-order chi connectivity index (χ0) is 24.5. The zero-order valence-electron chi connectivity index (χ0n) is 18.0. The van der Waals surface area contributed by atoms with Crippen LogP contribution < -0.4 is 20.3 Å². The Hall–Kier alpha value is -4.34. The number of methoxy groups -OCH3 is 2. The SMILES string of the molecule is COc1cc(OC)cc(-n2nc(C(=O)Nc3cccc(C(F)(F)F)c3)c3ccccc3c2=O)c1. The number of carbonyl (C=O) groups is 1. The Bertz CT molecular complexity index is 1430. The summed E-state index contributed by atoms with van der Waals surface area (Å²) in [6, 6.07) is 15.3. The summed E-state index contributed by atoms with van der Waals surface area (Å²) in [5.41, 5.74) is -1.33. The third-order valence-corrected chi connectivity index (χ3v) is 5.05. The number of aromatic nitrogens is 2. The molecule has 0 aliphatic carbocycles. The van der Waals surface area contributed by atoms with Gasteiger partial charge in [-0.05, 0) is 24.3 Å². The van der Waals surface area contributed by atoms with Gasteiger partial charge in [0.25, 0.3) is 11.5 Å². The van der Waals surface area contributed by atoms with Crippen LogP contribution in [-0.2, 0) is 6.18 Å². The Kier molecular flexibility index (Phi) is 5.97. The number of fused-ring (bicyclic) bond motifs is 1. The van der Waals surface area contributed by atoms with Gasteiger partial charge in [0.15, 0.2) is 5.69 Å². The van der Waals surface area contributed by atoms with E-state index in [2.05, 4.69) is 10.4 Å². The fourth-order valence-corrected chi connectivity index (χ4v) is 3.41. The van der Waals surface area contributed by atoms with E-state index in [0.717, 1.165) is 16.8 Å². The van der Waals surface area contributed by atoms with E-state index in [9.17, 15) is 22.8 Å². The van der Waals surface area contributed by atoms with Crippen molar-refractivity contribution in [2.24, 2.45) is 0 Å². The van der Waals surface area contributed by atoms with E-state index >= 15 is 0 Å². The van der Waals surface area contributed by atoms with Gasteiger partial charge >= 0.3 is 6.18 Å². The molecule has 0 unspecified atom stereocenters. The average Bonchev–Trinajstić information content (AvgIpc) is 2.83. The molecule has 4 rings (SSSR count). The van der Waals surface area contributed by atoms with E-state index < -0.39 is 23.2 Å². The molecule has 0 spiro atoms. The van der Waals surface area contributed by atoms with Crippen molar-refractivity contribution in [2.75, 3.05) is 19.5 Å². The molecule has 10 heteroatoms. The maximum absolute atomic E-state index is 13.2. The zero-order valence-corrected chi connectivity index (χ0v) is 18.0. The van der Waals surface area contributed by atoms with E-state index in [4.69, 9.17) is 9.47 Å². The first-order valence-electron chi connectivity index (χ1n) is 9.95. The van der Waals surface area contributed by atoms with Crippen LogP contribution >= 0.6 is 0 Å². The summed E-state index contributed by atoms with van der Waals surface area (Å²) >= 11 is 0. The number of benzene rings is 3. The van der Waals surface area contributed by atoms with Crippen LogP contribution in [0.1, 0.15) is 16.1 Å². The van der Waals surface area contributed by atoms with Gasteiger partial charge in [-0.1, -0.05) is 24.3 Å². The number of rotatable bonds is 5. The van der Waals surface area contributed by atoms with Crippen LogP contribution in [0.25, 0.3) is 16.5 Å². The number of anilines is 1. The fourth-order valence-electron chi connectivity index (χ4n) is 3.41. The van der Waals surface area contributed by atoms with E-state index in [1.54, 1.807) is 36.4 Å². The van der Waals surface area contributed by atoms with Gasteiger partial charge in [0.2, 0.25) is 0 Å². The highest BCUT2D eigenvalue weighted by Gasteiger charge is 2.30. The molecule has 34 heavy (non-hydrogen) atoms. The maximum Gasteiger partial charge on any atom is 0.416 e. The molecule has 1 heterocycles. The molecule has 1 amide bonds. The lowest BCUT2D eigenvalue weighted by Gasteiger charge is -2.14. The van der Waals surface area contributed by atoms with Crippen LogP contribution in [0.15, 0.2) is 71.5 Å². The molecule has 0 fully saturated rings. The van der Waals surface area contributed by atoms with Gasteiger partial charge in [0.05, 0.1) is 30.9 Å². The lowest BCUT2D eigenvalue weighted by molar-refractivity contribution is -0.137. The molecule has 0 radical (unpaired) electrons. The lowest BCUT2D eigenvalue weighted by Crippen LogP contribution is -2.26.